The van der Waals surface area contributed by atoms with Crippen molar-refractivity contribution >= 4 is 27.3 Å². The van der Waals surface area contributed by atoms with Crippen LogP contribution in [0, 0.1) is 0 Å². The Morgan fingerprint density at radius 1 is 1.33 bits per heavy atom. The Hall–Kier alpha value is -0.710. The second-order valence-corrected chi connectivity index (χ2v) is 6.57. The van der Waals surface area contributed by atoms with Gasteiger partial charge in [0.2, 0.25) is 0 Å². The topological polar surface area (TPSA) is 24.9 Å². The molecular weight excluding hydrogens is 308 g/mol. The van der Waals surface area contributed by atoms with Crippen molar-refractivity contribution in [1.29, 1.82) is 0 Å². The van der Waals surface area contributed by atoms with E-state index < -0.39 is 0 Å². The third-order valence-corrected chi connectivity index (χ3v) is 5.10. The van der Waals surface area contributed by atoms with Crippen LogP contribution in [-0.2, 0) is 6.42 Å². The monoisotopic (exact) mass is 322 g/mol. The normalized spacial score (nSPS) is 18.7. The summed E-state index contributed by atoms with van der Waals surface area (Å²) in [6.07, 6.45) is 3.65. The first kappa shape index (κ1) is 12.3. The lowest BCUT2D eigenvalue weighted by Gasteiger charge is -2.19. The summed E-state index contributed by atoms with van der Waals surface area (Å²) < 4.78 is 1.11. The lowest BCUT2D eigenvalue weighted by atomic mass is 9.98. The molecule has 1 atom stereocenters. The van der Waals surface area contributed by atoms with E-state index >= 15 is 0 Å². The molecule has 1 unspecified atom stereocenters. The summed E-state index contributed by atoms with van der Waals surface area (Å²) in [6.45, 7) is 0. The molecule has 0 fully saturated rings. The Bertz CT molecular complexity index is 547. The van der Waals surface area contributed by atoms with E-state index in [1.54, 1.807) is 0 Å². The van der Waals surface area contributed by atoms with Gasteiger partial charge >= 0.3 is 0 Å². The summed E-state index contributed by atoms with van der Waals surface area (Å²) in [5, 5.41) is 4.52. The van der Waals surface area contributed by atoms with E-state index in [1.165, 1.54) is 35.4 Å². The Labute approximate surface area is 120 Å². The van der Waals surface area contributed by atoms with Gasteiger partial charge in [-0.05, 0) is 38.4 Å². The van der Waals surface area contributed by atoms with Gasteiger partial charge < -0.3 is 5.32 Å². The molecular formula is C14H15BrN2S. The largest absolute Gasteiger partial charge is 0.312 e. The summed E-state index contributed by atoms with van der Waals surface area (Å²) in [7, 11) is 2.03. The first-order valence-corrected chi connectivity index (χ1v) is 7.81. The van der Waals surface area contributed by atoms with E-state index in [9.17, 15) is 0 Å². The number of thiazole rings is 1. The van der Waals surface area contributed by atoms with Crippen molar-refractivity contribution in [1.82, 2.24) is 10.3 Å². The van der Waals surface area contributed by atoms with Crippen LogP contribution in [0.2, 0.25) is 0 Å². The zero-order valence-corrected chi connectivity index (χ0v) is 12.6. The Balaban J connectivity index is 1.99. The molecule has 0 aliphatic heterocycles. The van der Waals surface area contributed by atoms with Gasteiger partial charge in [0.05, 0.1) is 11.7 Å². The third-order valence-electron chi connectivity index (χ3n) is 3.39. The number of aromatic nitrogens is 1. The zero-order chi connectivity index (χ0) is 12.5. The van der Waals surface area contributed by atoms with E-state index in [0.717, 1.165) is 9.48 Å². The molecule has 2 aromatic rings. The lowest BCUT2D eigenvalue weighted by Crippen LogP contribution is -2.21. The van der Waals surface area contributed by atoms with Crippen molar-refractivity contribution in [2.24, 2.45) is 0 Å². The second kappa shape index (κ2) is 5.11. The highest BCUT2D eigenvalue weighted by atomic mass is 79.9. The Kier molecular flexibility index (Phi) is 3.50. The van der Waals surface area contributed by atoms with Gasteiger partial charge in [0.25, 0.3) is 0 Å². The molecule has 1 heterocycles. The van der Waals surface area contributed by atoms with Crippen LogP contribution in [0.25, 0.3) is 10.6 Å². The summed E-state index contributed by atoms with van der Waals surface area (Å²) in [6, 6.07) is 8.84. The van der Waals surface area contributed by atoms with Crippen LogP contribution in [0.4, 0.5) is 0 Å². The summed E-state index contributed by atoms with van der Waals surface area (Å²) in [4.78, 5) is 6.30. The van der Waals surface area contributed by atoms with Gasteiger partial charge in [-0.3, -0.25) is 0 Å². The molecule has 0 saturated heterocycles. The molecule has 18 heavy (non-hydrogen) atoms. The minimum Gasteiger partial charge on any atom is -0.312 e. The first-order valence-electron chi connectivity index (χ1n) is 6.20. The number of hydrogen-bond acceptors (Lipinski definition) is 3. The molecule has 0 saturated carbocycles. The maximum Gasteiger partial charge on any atom is 0.123 e. The molecule has 4 heteroatoms. The smallest absolute Gasteiger partial charge is 0.123 e. The molecule has 3 rings (SSSR count). The van der Waals surface area contributed by atoms with Crippen molar-refractivity contribution in [3.05, 3.63) is 39.3 Å². The van der Waals surface area contributed by atoms with Crippen LogP contribution in [0.1, 0.15) is 29.5 Å². The van der Waals surface area contributed by atoms with Crippen LogP contribution >= 0.6 is 27.3 Å². The molecule has 2 nitrogen and oxygen atoms in total. The van der Waals surface area contributed by atoms with Gasteiger partial charge in [-0.1, -0.05) is 28.1 Å². The average molecular weight is 323 g/mol. The molecule has 0 radical (unpaired) electrons. The van der Waals surface area contributed by atoms with Crippen molar-refractivity contribution in [2.45, 2.75) is 25.3 Å². The van der Waals surface area contributed by atoms with Gasteiger partial charge in [-0.25, -0.2) is 4.98 Å². The molecule has 0 bridgehead atoms. The van der Waals surface area contributed by atoms with Gasteiger partial charge in [0.15, 0.2) is 0 Å². The maximum absolute atomic E-state index is 4.84. The minimum absolute atomic E-state index is 0.439. The van der Waals surface area contributed by atoms with Crippen LogP contribution < -0.4 is 5.32 Å². The average Bonchev–Trinajstić information content (AvgIpc) is 2.83. The van der Waals surface area contributed by atoms with Crippen LogP contribution in [0.3, 0.4) is 0 Å². The SMILES string of the molecule is CNC1CCCc2sc(-c3ccc(Br)cc3)nc21. The highest BCUT2D eigenvalue weighted by Crippen LogP contribution is 2.37. The molecule has 0 spiro atoms. The lowest BCUT2D eigenvalue weighted by molar-refractivity contribution is 0.490. The molecule has 0 amide bonds. The number of fused-ring (bicyclic) bond motifs is 1. The molecule has 1 aliphatic carbocycles. The standard InChI is InChI=1S/C14H15BrN2S/c1-16-11-3-2-4-12-13(11)17-14(18-12)9-5-7-10(15)8-6-9/h5-8,11,16H,2-4H2,1H3. The summed E-state index contributed by atoms with van der Waals surface area (Å²) in [5.41, 5.74) is 2.49. The van der Waals surface area contributed by atoms with Crippen LogP contribution in [0.5, 0.6) is 0 Å². The van der Waals surface area contributed by atoms with E-state index in [4.69, 9.17) is 4.98 Å². The molecule has 1 aromatic heterocycles. The zero-order valence-electron chi connectivity index (χ0n) is 10.2. The molecule has 1 aromatic carbocycles. The Morgan fingerprint density at radius 3 is 2.83 bits per heavy atom. The summed E-state index contributed by atoms with van der Waals surface area (Å²) in [5.74, 6) is 0. The van der Waals surface area contributed by atoms with Gasteiger partial charge in [0, 0.05) is 14.9 Å². The minimum atomic E-state index is 0.439. The van der Waals surface area contributed by atoms with Crippen LogP contribution in [0.15, 0.2) is 28.7 Å². The van der Waals surface area contributed by atoms with E-state index in [-0.39, 0.29) is 0 Å². The van der Waals surface area contributed by atoms with Gasteiger partial charge in [-0.2, -0.15) is 0 Å². The molecule has 94 valence electrons. The second-order valence-electron chi connectivity index (χ2n) is 4.57. The predicted molar refractivity (Wildman–Crippen MR) is 80.0 cm³/mol. The quantitative estimate of drug-likeness (QED) is 0.897. The van der Waals surface area contributed by atoms with E-state index in [2.05, 4.69) is 45.5 Å². The molecule has 1 N–H and O–H groups in total. The number of hydrogen-bond donors (Lipinski definition) is 1. The number of halogens is 1. The highest BCUT2D eigenvalue weighted by molar-refractivity contribution is 9.10. The van der Waals surface area contributed by atoms with E-state index in [0.29, 0.717) is 6.04 Å². The number of aryl methyl sites for hydroxylation is 1. The van der Waals surface area contributed by atoms with Crippen molar-refractivity contribution < 1.29 is 0 Å². The fourth-order valence-electron chi connectivity index (χ4n) is 2.42. The predicted octanol–water partition coefficient (Wildman–Crippen LogP) is 4.17. The van der Waals surface area contributed by atoms with Crippen LogP contribution in [-0.4, -0.2) is 12.0 Å². The number of nitrogens with zero attached hydrogens (tertiary/aromatic N) is 1. The van der Waals surface area contributed by atoms with Crippen molar-refractivity contribution in [3.8, 4) is 10.6 Å². The fourth-order valence-corrected chi connectivity index (χ4v) is 3.85. The highest BCUT2D eigenvalue weighted by Gasteiger charge is 2.23. The first-order chi connectivity index (χ1) is 8.78. The third kappa shape index (κ3) is 2.25. The number of benzene rings is 1. The Morgan fingerprint density at radius 2 is 2.11 bits per heavy atom. The molecule has 1 aliphatic rings. The van der Waals surface area contributed by atoms with Crippen molar-refractivity contribution in [3.63, 3.8) is 0 Å². The fraction of sp³-hybridized carbons (Fsp3) is 0.357. The van der Waals surface area contributed by atoms with Gasteiger partial charge in [-0.15, -0.1) is 11.3 Å². The number of nitrogens with one attached hydrogen (secondary N) is 1. The number of rotatable bonds is 2. The van der Waals surface area contributed by atoms with Gasteiger partial charge in [0.1, 0.15) is 5.01 Å². The van der Waals surface area contributed by atoms with E-state index in [1.807, 2.05) is 18.4 Å². The van der Waals surface area contributed by atoms with Crippen molar-refractivity contribution in [2.75, 3.05) is 7.05 Å². The maximum atomic E-state index is 4.84. The summed E-state index contributed by atoms with van der Waals surface area (Å²) >= 11 is 5.32.